The van der Waals surface area contributed by atoms with Gasteiger partial charge in [-0.2, -0.15) is 0 Å². The van der Waals surface area contributed by atoms with Gasteiger partial charge in [-0.1, -0.05) is 23.5 Å². The van der Waals surface area contributed by atoms with E-state index in [1.165, 1.54) is 6.92 Å². The third-order valence-corrected chi connectivity index (χ3v) is 5.53. The highest BCUT2D eigenvalue weighted by atomic mass is 32.1. The summed E-state index contributed by atoms with van der Waals surface area (Å²) in [6.45, 7) is 4.59. The Kier molecular flexibility index (Phi) is 4.87. The van der Waals surface area contributed by atoms with Gasteiger partial charge in [-0.15, -0.1) is 0 Å². The highest BCUT2D eigenvalue weighted by molar-refractivity contribution is 7.22. The number of thiazole rings is 1. The molecule has 0 unspecified atom stereocenters. The van der Waals surface area contributed by atoms with Crippen LogP contribution in [0.15, 0.2) is 42.5 Å². The number of benzene rings is 2. The molecule has 7 heteroatoms. The van der Waals surface area contributed by atoms with Gasteiger partial charge in [0.2, 0.25) is 0 Å². The third kappa shape index (κ3) is 3.84. The van der Waals surface area contributed by atoms with E-state index in [2.05, 4.69) is 15.2 Å². The zero-order chi connectivity index (χ0) is 18.8. The maximum absolute atomic E-state index is 12.6. The molecule has 2 heterocycles. The number of fused-ring (bicyclic) bond motifs is 1. The molecule has 1 aliphatic rings. The van der Waals surface area contributed by atoms with Crippen LogP contribution in [0.3, 0.4) is 0 Å². The van der Waals surface area contributed by atoms with Crippen molar-refractivity contribution in [3.8, 4) is 0 Å². The van der Waals surface area contributed by atoms with Crippen LogP contribution < -0.4 is 10.2 Å². The van der Waals surface area contributed by atoms with Crippen molar-refractivity contribution in [1.29, 1.82) is 0 Å². The molecule has 27 heavy (non-hydrogen) atoms. The molecule has 0 bridgehead atoms. The van der Waals surface area contributed by atoms with E-state index in [4.69, 9.17) is 4.74 Å². The summed E-state index contributed by atoms with van der Waals surface area (Å²) in [5, 5.41) is 3.81. The summed E-state index contributed by atoms with van der Waals surface area (Å²) in [4.78, 5) is 31.0. The Morgan fingerprint density at radius 2 is 1.93 bits per heavy atom. The van der Waals surface area contributed by atoms with E-state index in [9.17, 15) is 9.59 Å². The van der Waals surface area contributed by atoms with Crippen LogP contribution in [0.5, 0.6) is 0 Å². The van der Waals surface area contributed by atoms with E-state index in [1.807, 2.05) is 12.1 Å². The molecule has 0 atom stereocenters. The fourth-order valence-electron chi connectivity index (χ4n) is 2.96. The van der Waals surface area contributed by atoms with Crippen LogP contribution in [-0.4, -0.2) is 43.0 Å². The Balaban J connectivity index is 1.55. The van der Waals surface area contributed by atoms with Crippen molar-refractivity contribution in [2.24, 2.45) is 0 Å². The van der Waals surface area contributed by atoms with E-state index in [-0.39, 0.29) is 11.7 Å². The summed E-state index contributed by atoms with van der Waals surface area (Å²) in [5.74, 6) is -0.244. The van der Waals surface area contributed by atoms with Crippen LogP contribution in [0, 0.1) is 0 Å². The number of nitrogens with zero attached hydrogens (tertiary/aromatic N) is 2. The van der Waals surface area contributed by atoms with Gasteiger partial charge in [0, 0.05) is 29.9 Å². The van der Waals surface area contributed by atoms with Gasteiger partial charge in [-0.3, -0.25) is 9.59 Å². The van der Waals surface area contributed by atoms with E-state index < -0.39 is 0 Å². The first-order chi connectivity index (χ1) is 13.1. The zero-order valence-electron chi connectivity index (χ0n) is 14.9. The normalized spacial score (nSPS) is 14.3. The number of hydrogen-bond acceptors (Lipinski definition) is 6. The lowest BCUT2D eigenvalue weighted by Crippen LogP contribution is -2.36. The molecule has 0 saturated carbocycles. The minimum Gasteiger partial charge on any atom is -0.378 e. The summed E-state index contributed by atoms with van der Waals surface area (Å²) in [6, 6.07) is 12.4. The number of Topliss-reactive ketones (excluding diaryl/α,β-unsaturated/α-hetero) is 1. The van der Waals surface area contributed by atoms with Crippen molar-refractivity contribution in [1.82, 2.24) is 4.98 Å². The molecule has 1 saturated heterocycles. The average molecular weight is 381 g/mol. The summed E-state index contributed by atoms with van der Waals surface area (Å²) < 4.78 is 6.36. The number of aromatic nitrogens is 1. The number of anilines is 2. The molecule has 0 radical (unpaired) electrons. The lowest BCUT2D eigenvalue weighted by Gasteiger charge is -2.25. The molecule has 6 nitrogen and oxygen atoms in total. The van der Waals surface area contributed by atoms with Gasteiger partial charge in [-0.25, -0.2) is 4.98 Å². The zero-order valence-corrected chi connectivity index (χ0v) is 15.7. The molecule has 3 aromatic rings. The first kappa shape index (κ1) is 17.6. The standard InChI is InChI=1S/C20H19N3O3S/c1-13(24)14-3-2-4-16(11-14)21-19(25)15-5-6-17-18(12-15)27-20(22-17)23-7-9-26-10-8-23/h2-6,11-12H,7-10H2,1H3,(H,21,25). The maximum Gasteiger partial charge on any atom is 0.255 e. The number of rotatable bonds is 4. The average Bonchev–Trinajstić information content (AvgIpc) is 3.12. The molecule has 1 aromatic heterocycles. The Morgan fingerprint density at radius 3 is 2.70 bits per heavy atom. The molecule has 1 N–H and O–H groups in total. The topological polar surface area (TPSA) is 71.5 Å². The quantitative estimate of drug-likeness (QED) is 0.700. The van der Waals surface area contributed by atoms with Crippen molar-refractivity contribution in [2.75, 3.05) is 36.5 Å². The lowest BCUT2D eigenvalue weighted by atomic mass is 10.1. The van der Waals surface area contributed by atoms with Crippen molar-refractivity contribution in [3.63, 3.8) is 0 Å². The maximum atomic E-state index is 12.6. The highest BCUT2D eigenvalue weighted by Crippen LogP contribution is 2.30. The van der Waals surface area contributed by atoms with Gasteiger partial charge in [0.1, 0.15) is 0 Å². The Bertz CT molecular complexity index is 1010. The predicted molar refractivity (Wildman–Crippen MR) is 107 cm³/mol. The number of amides is 1. The SMILES string of the molecule is CC(=O)c1cccc(NC(=O)c2ccc3nc(N4CCOCC4)sc3c2)c1. The summed E-state index contributed by atoms with van der Waals surface area (Å²) in [5.41, 5.74) is 2.62. The molecule has 0 aliphatic carbocycles. The fourth-order valence-corrected chi connectivity index (χ4v) is 4.02. The minimum atomic E-state index is -0.209. The van der Waals surface area contributed by atoms with E-state index >= 15 is 0 Å². The van der Waals surface area contributed by atoms with Crippen LogP contribution in [0.1, 0.15) is 27.6 Å². The number of nitrogens with one attached hydrogen (secondary N) is 1. The Hall–Kier alpha value is -2.77. The monoisotopic (exact) mass is 381 g/mol. The first-order valence-electron chi connectivity index (χ1n) is 8.76. The number of carbonyl (C=O) groups excluding carboxylic acids is 2. The Labute approximate surface area is 160 Å². The molecule has 138 valence electrons. The van der Waals surface area contributed by atoms with E-state index in [0.717, 1.165) is 28.4 Å². The number of hydrogen-bond donors (Lipinski definition) is 1. The van der Waals surface area contributed by atoms with Crippen molar-refractivity contribution in [3.05, 3.63) is 53.6 Å². The second kappa shape index (κ2) is 7.46. The second-order valence-electron chi connectivity index (χ2n) is 6.37. The molecule has 2 aromatic carbocycles. The largest absolute Gasteiger partial charge is 0.378 e. The summed E-state index contributed by atoms with van der Waals surface area (Å²) in [7, 11) is 0. The van der Waals surface area contributed by atoms with Gasteiger partial charge >= 0.3 is 0 Å². The summed E-state index contributed by atoms with van der Waals surface area (Å²) in [6.07, 6.45) is 0. The van der Waals surface area contributed by atoms with E-state index in [0.29, 0.717) is 30.0 Å². The van der Waals surface area contributed by atoms with Crippen LogP contribution in [0.2, 0.25) is 0 Å². The molecule has 1 aliphatic heterocycles. The van der Waals surface area contributed by atoms with E-state index in [1.54, 1.807) is 41.7 Å². The van der Waals surface area contributed by atoms with Gasteiger partial charge in [-0.05, 0) is 37.3 Å². The molecule has 0 spiro atoms. The van der Waals surface area contributed by atoms with Crippen LogP contribution in [0.25, 0.3) is 10.2 Å². The smallest absolute Gasteiger partial charge is 0.255 e. The van der Waals surface area contributed by atoms with Gasteiger partial charge < -0.3 is 15.0 Å². The highest BCUT2D eigenvalue weighted by Gasteiger charge is 2.16. The van der Waals surface area contributed by atoms with Crippen molar-refractivity contribution >= 4 is 44.1 Å². The molecule has 1 amide bonds. The molecular formula is C20H19N3O3S. The van der Waals surface area contributed by atoms with Gasteiger partial charge in [0.25, 0.3) is 5.91 Å². The number of ether oxygens (including phenoxy) is 1. The molecule has 1 fully saturated rings. The summed E-state index contributed by atoms with van der Waals surface area (Å²) >= 11 is 1.58. The van der Waals surface area contributed by atoms with Crippen LogP contribution in [0.4, 0.5) is 10.8 Å². The number of carbonyl (C=O) groups is 2. The van der Waals surface area contributed by atoms with Gasteiger partial charge in [0.15, 0.2) is 10.9 Å². The van der Waals surface area contributed by atoms with Crippen molar-refractivity contribution < 1.29 is 14.3 Å². The molecule has 4 rings (SSSR count). The lowest BCUT2D eigenvalue weighted by molar-refractivity contribution is 0.101. The fraction of sp³-hybridized carbons (Fsp3) is 0.250. The number of morpholine rings is 1. The predicted octanol–water partition coefficient (Wildman–Crippen LogP) is 3.59. The number of ketones is 1. The van der Waals surface area contributed by atoms with Gasteiger partial charge in [0.05, 0.1) is 23.4 Å². The van der Waals surface area contributed by atoms with Crippen molar-refractivity contribution in [2.45, 2.75) is 6.92 Å². The Morgan fingerprint density at radius 1 is 1.11 bits per heavy atom. The van der Waals surface area contributed by atoms with Crippen LogP contribution in [-0.2, 0) is 4.74 Å². The van der Waals surface area contributed by atoms with Crippen LogP contribution >= 0.6 is 11.3 Å². The minimum absolute atomic E-state index is 0.0344. The third-order valence-electron chi connectivity index (χ3n) is 4.45. The first-order valence-corrected chi connectivity index (χ1v) is 9.57. The second-order valence-corrected chi connectivity index (χ2v) is 7.38. The molecular weight excluding hydrogens is 362 g/mol.